The van der Waals surface area contributed by atoms with Crippen LogP contribution in [0.2, 0.25) is 0 Å². The molecule has 0 spiro atoms. The van der Waals surface area contributed by atoms with Crippen LogP contribution in [0.1, 0.15) is 30.0 Å². The molecular formula is C16H16BrI. The van der Waals surface area contributed by atoms with Crippen molar-refractivity contribution in [3.05, 3.63) is 67.2 Å². The van der Waals surface area contributed by atoms with E-state index in [1.54, 1.807) is 0 Å². The third kappa shape index (κ3) is 3.82. The van der Waals surface area contributed by atoms with E-state index in [1.165, 1.54) is 33.1 Å². The molecule has 2 rings (SSSR count). The van der Waals surface area contributed by atoms with Crippen molar-refractivity contribution in [3.63, 3.8) is 0 Å². The van der Waals surface area contributed by atoms with Gasteiger partial charge in [0.15, 0.2) is 0 Å². The summed E-state index contributed by atoms with van der Waals surface area (Å²) in [5.41, 5.74) is 4.20. The molecule has 0 nitrogen and oxygen atoms in total. The van der Waals surface area contributed by atoms with Crippen molar-refractivity contribution >= 4 is 38.5 Å². The zero-order valence-corrected chi connectivity index (χ0v) is 14.2. The minimum Gasteiger partial charge on any atom is -0.0651 e. The van der Waals surface area contributed by atoms with Gasteiger partial charge in [-0.05, 0) is 70.3 Å². The lowest BCUT2D eigenvalue weighted by Gasteiger charge is -2.07. The predicted molar refractivity (Wildman–Crippen MR) is 90.1 cm³/mol. The van der Waals surface area contributed by atoms with E-state index in [0.717, 1.165) is 10.9 Å². The number of aryl methyl sites for hydroxylation is 1. The lowest BCUT2D eigenvalue weighted by atomic mass is 10.0. The van der Waals surface area contributed by atoms with Gasteiger partial charge in [0.1, 0.15) is 0 Å². The molecule has 0 saturated heterocycles. The Morgan fingerprint density at radius 1 is 1.00 bits per heavy atom. The normalized spacial score (nSPS) is 10.6. The van der Waals surface area contributed by atoms with E-state index >= 15 is 0 Å². The first-order chi connectivity index (χ1) is 8.69. The molecule has 0 saturated carbocycles. The molecule has 94 valence electrons. The Morgan fingerprint density at radius 2 is 1.67 bits per heavy atom. The van der Waals surface area contributed by atoms with Crippen molar-refractivity contribution in [2.24, 2.45) is 0 Å². The van der Waals surface area contributed by atoms with Crippen LogP contribution in [0.25, 0.3) is 0 Å². The van der Waals surface area contributed by atoms with Gasteiger partial charge in [-0.2, -0.15) is 0 Å². The van der Waals surface area contributed by atoms with Gasteiger partial charge < -0.3 is 0 Å². The second kappa shape index (κ2) is 6.71. The number of hydrogen-bond acceptors (Lipinski definition) is 0. The minimum atomic E-state index is 1.00. The van der Waals surface area contributed by atoms with E-state index in [1.807, 2.05) is 0 Å². The molecule has 0 aliphatic carbocycles. The lowest BCUT2D eigenvalue weighted by molar-refractivity contribution is 0.920. The number of hydrogen-bond donors (Lipinski definition) is 0. The van der Waals surface area contributed by atoms with Crippen molar-refractivity contribution in [1.82, 2.24) is 0 Å². The Morgan fingerprint density at radius 3 is 2.33 bits per heavy atom. The van der Waals surface area contributed by atoms with Gasteiger partial charge in [-0.15, -0.1) is 0 Å². The van der Waals surface area contributed by atoms with Crippen molar-refractivity contribution in [2.45, 2.75) is 26.2 Å². The summed E-state index contributed by atoms with van der Waals surface area (Å²) in [5, 5.41) is 0. The van der Waals surface area contributed by atoms with Gasteiger partial charge >= 0.3 is 0 Å². The lowest BCUT2D eigenvalue weighted by Crippen LogP contribution is -1.92. The Balaban J connectivity index is 2.15. The fourth-order valence-electron chi connectivity index (χ4n) is 2.01. The molecule has 0 N–H and O–H groups in total. The molecule has 2 aromatic rings. The molecule has 0 amide bonds. The summed E-state index contributed by atoms with van der Waals surface area (Å²) in [6.45, 7) is 2.22. The van der Waals surface area contributed by atoms with Crippen LogP contribution in [0, 0.1) is 3.57 Å². The highest BCUT2D eigenvalue weighted by molar-refractivity contribution is 14.1. The predicted octanol–water partition coefficient (Wildman–Crippen LogP) is 5.60. The first-order valence-electron chi connectivity index (χ1n) is 6.21. The molecule has 0 bridgehead atoms. The molecule has 2 aromatic carbocycles. The first kappa shape index (κ1) is 14.1. The second-order valence-electron chi connectivity index (χ2n) is 4.48. The summed E-state index contributed by atoms with van der Waals surface area (Å²) in [7, 11) is 0. The molecule has 0 atom stereocenters. The smallest absolute Gasteiger partial charge is 0.0178 e. The van der Waals surface area contributed by atoms with Gasteiger partial charge in [-0.1, -0.05) is 53.5 Å². The summed E-state index contributed by atoms with van der Waals surface area (Å²) >= 11 is 5.94. The highest BCUT2D eigenvalue weighted by Gasteiger charge is 2.02. The Labute approximate surface area is 131 Å². The summed E-state index contributed by atoms with van der Waals surface area (Å²) in [4.78, 5) is 0. The van der Waals surface area contributed by atoms with Crippen LogP contribution < -0.4 is 0 Å². The first-order valence-corrected chi connectivity index (χ1v) is 8.08. The van der Waals surface area contributed by atoms with Crippen LogP contribution in [0.3, 0.4) is 0 Å². The Bertz CT molecular complexity index is 517. The summed E-state index contributed by atoms with van der Waals surface area (Å²) in [6.07, 6.45) is 3.39. The standard InChI is InChI=1S/C16H16BrI/c1-2-3-12-4-6-13(7-5-12)10-14-11-15(17)8-9-16(14)18/h4-9,11H,2-3,10H2,1H3. The molecule has 0 radical (unpaired) electrons. The van der Waals surface area contributed by atoms with Gasteiger partial charge in [0, 0.05) is 8.04 Å². The van der Waals surface area contributed by atoms with Crippen LogP contribution in [-0.2, 0) is 12.8 Å². The second-order valence-corrected chi connectivity index (χ2v) is 6.56. The van der Waals surface area contributed by atoms with Crippen molar-refractivity contribution in [3.8, 4) is 0 Å². The molecule has 0 heterocycles. The van der Waals surface area contributed by atoms with Gasteiger partial charge in [0.25, 0.3) is 0 Å². The molecular weight excluding hydrogens is 399 g/mol. The summed E-state index contributed by atoms with van der Waals surface area (Å²) in [5.74, 6) is 0. The third-order valence-corrected chi connectivity index (χ3v) is 4.51. The van der Waals surface area contributed by atoms with Crippen LogP contribution in [-0.4, -0.2) is 0 Å². The maximum atomic E-state index is 3.54. The molecule has 0 unspecified atom stereocenters. The van der Waals surface area contributed by atoms with Crippen LogP contribution >= 0.6 is 38.5 Å². The topological polar surface area (TPSA) is 0 Å². The van der Waals surface area contributed by atoms with Crippen molar-refractivity contribution < 1.29 is 0 Å². The highest BCUT2D eigenvalue weighted by Crippen LogP contribution is 2.21. The maximum absolute atomic E-state index is 3.54. The fraction of sp³-hybridized carbons (Fsp3) is 0.250. The van der Waals surface area contributed by atoms with E-state index in [-0.39, 0.29) is 0 Å². The summed E-state index contributed by atoms with van der Waals surface area (Å²) in [6, 6.07) is 15.5. The zero-order chi connectivity index (χ0) is 13.0. The van der Waals surface area contributed by atoms with E-state index < -0.39 is 0 Å². The monoisotopic (exact) mass is 414 g/mol. The van der Waals surface area contributed by atoms with E-state index in [4.69, 9.17) is 0 Å². The molecule has 0 fully saturated rings. The number of halogens is 2. The van der Waals surface area contributed by atoms with E-state index in [2.05, 4.69) is 87.9 Å². The maximum Gasteiger partial charge on any atom is 0.0178 e. The SMILES string of the molecule is CCCc1ccc(Cc2cc(Br)ccc2I)cc1. The average molecular weight is 415 g/mol. The molecule has 0 aliphatic rings. The highest BCUT2D eigenvalue weighted by atomic mass is 127. The van der Waals surface area contributed by atoms with Crippen LogP contribution in [0.5, 0.6) is 0 Å². The Hall–Kier alpha value is -0.350. The Kier molecular flexibility index (Phi) is 5.25. The van der Waals surface area contributed by atoms with Crippen LogP contribution in [0.15, 0.2) is 46.9 Å². The van der Waals surface area contributed by atoms with E-state index in [9.17, 15) is 0 Å². The van der Waals surface area contributed by atoms with Crippen molar-refractivity contribution in [2.75, 3.05) is 0 Å². The quantitative estimate of drug-likeness (QED) is 0.571. The largest absolute Gasteiger partial charge is 0.0651 e. The number of benzene rings is 2. The van der Waals surface area contributed by atoms with Crippen LogP contribution in [0.4, 0.5) is 0 Å². The third-order valence-electron chi connectivity index (χ3n) is 2.96. The van der Waals surface area contributed by atoms with Gasteiger partial charge in [-0.3, -0.25) is 0 Å². The summed E-state index contributed by atoms with van der Waals surface area (Å²) < 4.78 is 2.48. The zero-order valence-electron chi connectivity index (χ0n) is 10.4. The fourth-order valence-corrected chi connectivity index (χ4v) is 2.95. The van der Waals surface area contributed by atoms with Gasteiger partial charge in [-0.25, -0.2) is 0 Å². The van der Waals surface area contributed by atoms with E-state index in [0.29, 0.717) is 0 Å². The average Bonchev–Trinajstić information content (AvgIpc) is 2.37. The molecule has 2 heteroatoms. The molecule has 18 heavy (non-hydrogen) atoms. The van der Waals surface area contributed by atoms with Crippen molar-refractivity contribution in [1.29, 1.82) is 0 Å². The molecule has 0 aromatic heterocycles. The van der Waals surface area contributed by atoms with Gasteiger partial charge in [0.05, 0.1) is 0 Å². The minimum absolute atomic E-state index is 1.00. The van der Waals surface area contributed by atoms with Gasteiger partial charge in [0.2, 0.25) is 0 Å². The number of rotatable bonds is 4. The molecule has 0 aliphatic heterocycles.